The number of hydrogen-bond acceptors (Lipinski definition) is 3. The molecule has 3 aromatic carbocycles. The van der Waals surface area contributed by atoms with E-state index in [0.29, 0.717) is 32.9 Å². The molecular weight excluding hydrogens is 532 g/mol. The lowest BCUT2D eigenvalue weighted by Crippen LogP contribution is -2.36. The number of fused-ring (bicyclic) bond motifs is 1. The normalized spacial score (nSPS) is 10.8. The molecule has 0 fully saturated rings. The fourth-order valence-electron chi connectivity index (χ4n) is 3.79. The SMILES string of the molecule is Cc1cc(C)cc(NC(=O)c2cc3cc(Br)ccc3n2NC(=O)C(=O)Nc2cccc(Cl)c2C)c1. The van der Waals surface area contributed by atoms with E-state index in [1.807, 2.05) is 38.1 Å². The molecule has 35 heavy (non-hydrogen) atoms. The van der Waals surface area contributed by atoms with Crippen molar-refractivity contribution in [2.75, 3.05) is 16.1 Å². The first-order valence-corrected chi connectivity index (χ1v) is 11.9. The number of benzene rings is 3. The number of aromatic nitrogens is 1. The predicted molar refractivity (Wildman–Crippen MR) is 143 cm³/mol. The molecule has 0 aliphatic heterocycles. The van der Waals surface area contributed by atoms with Crippen molar-refractivity contribution in [1.82, 2.24) is 4.68 Å². The summed E-state index contributed by atoms with van der Waals surface area (Å²) in [7, 11) is 0. The first kappa shape index (κ1) is 24.5. The molecule has 7 nitrogen and oxygen atoms in total. The smallest absolute Gasteiger partial charge is 0.321 e. The fourth-order valence-corrected chi connectivity index (χ4v) is 4.34. The topological polar surface area (TPSA) is 92.2 Å². The van der Waals surface area contributed by atoms with E-state index in [-0.39, 0.29) is 5.69 Å². The lowest BCUT2D eigenvalue weighted by molar-refractivity contribution is -0.133. The summed E-state index contributed by atoms with van der Waals surface area (Å²) in [5.74, 6) is -2.27. The van der Waals surface area contributed by atoms with Gasteiger partial charge in [-0.05, 0) is 86.0 Å². The minimum absolute atomic E-state index is 0.164. The number of carbonyl (C=O) groups is 3. The van der Waals surface area contributed by atoms with Crippen LogP contribution in [0.15, 0.2) is 65.1 Å². The average molecular weight is 554 g/mol. The maximum atomic E-state index is 13.2. The van der Waals surface area contributed by atoms with Crippen molar-refractivity contribution in [1.29, 1.82) is 0 Å². The third-order valence-corrected chi connectivity index (χ3v) is 6.31. The summed E-state index contributed by atoms with van der Waals surface area (Å²) < 4.78 is 2.12. The van der Waals surface area contributed by atoms with E-state index >= 15 is 0 Å². The van der Waals surface area contributed by atoms with Crippen molar-refractivity contribution in [2.45, 2.75) is 20.8 Å². The number of halogens is 2. The molecule has 0 spiro atoms. The highest BCUT2D eigenvalue weighted by Gasteiger charge is 2.22. The molecule has 0 saturated carbocycles. The van der Waals surface area contributed by atoms with Gasteiger partial charge in [-0.3, -0.25) is 19.8 Å². The zero-order valence-corrected chi connectivity index (χ0v) is 21.5. The van der Waals surface area contributed by atoms with Crippen molar-refractivity contribution in [3.8, 4) is 0 Å². The van der Waals surface area contributed by atoms with Gasteiger partial charge >= 0.3 is 11.8 Å². The van der Waals surface area contributed by atoms with Crippen LogP contribution >= 0.6 is 27.5 Å². The van der Waals surface area contributed by atoms with Gasteiger partial charge in [-0.25, -0.2) is 4.68 Å². The van der Waals surface area contributed by atoms with Crippen LogP contribution in [0.3, 0.4) is 0 Å². The quantitative estimate of drug-likeness (QED) is 0.273. The van der Waals surface area contributed by atoms with Crippen LogP contribution < -0.4 is 16.1 Å². The summed E-state index contributed by atoms with van der Waals surface area (Å²) >= 11 is 9.53. The Balaban J connectivity index is 1.64. The Kier molecular flexibility index (Phi) is 6.95. The molecule has 178 valence electrons. The Morgan fingerprint density at radius 3 is 2.29 bits per heavy atom. The molecule has 3 amide bonds. The number of hydrogen-bond donors (Lipinski definition) is 3. The summed E-state index contributed by atoms with van der Waals surface area (Å²) in [4.78, 5) is 38.7. The Bertz CT molecular complexity index is 1480. The zero-order valence-electron chi connectivity index (χ0n) is 19.2. The van der Waals surface area contributed by atoms with Crippen molar-refractivity contribution in [3.63, 3.8) is 0 Å². The van der Waals surface area contributed by atoms with Gasteiger partial charge in [0.25, 0.3) is 5.91 Å². The number of carbonyl (C=O) groups excluding carboxylic acids is 3. The molecule has 0 bridgehead atoms. The maximum Gasteiger partial charge on any atom is 0.328 e. The van der Waals surface area contributed by atoms with Gasteiger partial charge in [0, 0.05) is 26.3 Å². The number of nitrogens with zero attached hydrogens (tertiary/aromatic N) is 1. The molecule has 4 aromatic rings. The minimum Gasteiger partial charge on any atom is -0.321 e. The first-order valence-electron chi connectivity index (χ1n) is 10.7. The molecule has 0 aliphatic rings. The van der Waals surface area contributed by atoms with Crippen LogP contribution in [0.25, 0.3) is 10.9 Å². The third kappa shape index (κ3) is 5.39. The van der Waals surface area contributed by atoms with Gasteiger partial charge in [0.05, 0.1) is 5.52 Å². The number of nitrogens with one attached hydrogen (secondary N) is 3. The molecule has 1 aromatic heterocycles. The van der Waals surface area contributed by atoms with E-state index in [1.165, 1.54) is 4.68 Å². The summed E-state index contributed by atoms with van der Waals surface area (Å²) in [6.07, 6.45) is 0. The molecule has 1 heterocycles. The van der Waals surface area contributed by atoms with E-state index in [9.17, 15) is 14.4 Å². The molecule has 0 atom stereocenters. The monoisotopic (exact) mass is 552 g/mol. The van der Waals surface area contributed by atoms with Gasteiger partial charge in [0.2, 0.25) is 0 Å². The molecule has 0 unspecified atom stereocenters. The van der Waals surface area contributed by atoms with E-state index < -0.39 is 17.7 Å². The van der Waals surface area contributed by atoms with Crippen molar-refractivity contribution < 1.29 is 14.4 Å². The molecule has 0 radical (unpaired) electrons. The fraction of sp³-hybridized carbons (Fsp3) is 0.115. The summed E-state index contributed by atoms with van der Waals surface area (Å²) in [5.41, 5.74) is 6.98. The molecular formula is C26H22BrClN4O3. The van der Waals surface area contributed by atoms with Crippen LogP contribution in [0.2, 0.25) is 5.02 Å². The number of amides is 3. The molecule has 3 N–H and O–H groups in total. The van der Waals surface area contributed by atoms with Gasteiger partial charge in [-0.15, -0.1) is 0 Å². The van der Waals surface area contributed by atoms with Gasteiger partial charge < -0.3 is 10.6 Å². The van der Waals surface area contributed by atoms with Crippen LogP contribution in [-0.4, -0.2) is 22.4 Å². The Hall–Kier alpha value is -3.62. The van der Waals surface area contributed by atoms with E-state index in [4.69, 9.17) is 11.6 Å². The van der Waals surface area contributed by atoms with Crippen molar-refractivity contribution in [3.05, 3.63) is 92.5 Å². The molecule has 0 aliphatic carbocycles. The van der Waals surface area contributed by atoms with Gasteiger partial charge in [-0.1, -0.05) is 39.7 Å². The highest BCUT2D eigenvalue weighted by atomic mass is 79.9. The van der Waals surface area contributed by atoms with Gasteiger partial charge in [0.1, 0.15) is 5.69 Å². The summed E-state index contributed by atoms with van der Waals surface area (Å²) in [6.45, 7) is 5.62. The molecule has 0 saturated heterocycles. The van der Waals surface area contributed by atoms with Crippen LogP contribution in [-0.2, 0) is 9.59 Å². The van der Waals surface area contributed by atoms with Crippen LogP contribution in [0.1, 0.15) is 27.2 Å². The highest BCUT2D eigenvalue weighted by Crippen LogP contribution is 2.25. The van der Waals surface area contributed by atoms with E-state index in [2.05, 4.69) is 32.0 Å². The Labute approximate surface area is 215 Å². The second-order valence-electron chi connectivity index (χ2n) is 8.21. The first-order chi connectivity index (χ1) is 16.6. The maximum absolute atomic E-state index is 13.2. The van der Waals surface area contributed by atoms with Crippen LogP contribution in [0, 0.1) is 20.8 Å². The van der Waals surface area contributed by atoms with E-state index in [1.54, 1.807) is 43.3 Å². The lowest BCUT2D eigenvalue weighted by atomic mass is 10.1. The van der Waals surface area contributed by atoms with Crippen LogP contribution in [0.5, 0.6) is 0 Å². The largest absolute Gasteiger partial charge is 0.328 e. The third-order valence-electron chi connectivity index (χ3n) is 5.41. The summed E-state index contributed by atoms with van der Waals surface area (Å²) in [5, 5.41) is 6.61. The van der Waals surface area contributed by atoms with Crippen LogP contribution in [0.4, 0.5) is 11.4 Å². The van der Waals surface area contributed by atoms with Gasteiger partial charge in [-0.2, -0.15) is 0 Å². The number of aryl methyl sites for hydroxylation is 2. The predicted octanol–water partition coefficient (Wildman–Crippen LogP) is 5.94. The Morgan fingerprint density at radius 1 is 0.857 bits per heavy atom. The number of anilines is 2. The highest BCUT2D eigenvalue weighted by molar-refractivity contribution is 9.10. The zero-order chi connectivity index (χ0) is 25.3. The molecule has 4 rings (SSSR count). The van der Waals surface area contributed by atoms with Gasteiger partial charge in [0.15, 0.2) is 0 Å². The minimum atomic E-state index is -0.940. The lowest BCUT2D eigenvalue weighted by Gasteiger charge is -2.14. The number of rotatable bonds is 4. The molecule has 9 heteroatoms. The van der Waals surface area contributed by atoms with Crippen molar-refractivity contribution >= 4 is 67.5 Å². The second-order valence-corrected chi connectivity index (χ2v) is 9.53. The second kappa shape index (κ2) is 9.93. The average Bonchev–Trinajstić information content (AvgIpc) is 3.13. The van der Waals surface area contributed by atoms with Crippen molar-refractivity contribution in [2.24, 2.45) is 0 Å². The summed E-state index contributed by atoms with van der Waals surface area (Å²) in [6, 6.07) is 17.7. The Morgan fingerprint density at radius 2 is 1.57 bits per heavy atom. The standard InChI is InChI=1S/C26H22BrClN4O3/c1-14-9-15(2)11-19(10-14)29-24(33)23-13-17-12-18(27)7-8-22(17)32(23)31-26(35)25(34)30-21-6-4-5-20(28)16(21)3/h4-13H,1-3H3,(H,29,33)(H,30,34)(H,31,35). The van der Waals surface area contributed by atoms with E-state index in [0.717, 1.165) is 15.6 Å².